The highest BCUT2D eigenvalue weighted by Crippen LogP contribution is 2.32. The Morgan fingerprint density at radius 2 is 1.66 bits per heavy atom. The summed E-state index contributed by atoms with van der Waals surface area (Å²) in [4.78, 5) is 24.8. The molecule has 2 amide bonds. The Labute approximate surface area is 174 Å². The van der Waals surface area contributed by atoms with Crippen molar-refractivity contribution in [2.75, 3.05) is 6.61 Å². The molecule has 3 rings (SSSR count). The molecule has 1 unspecified atom stereocenters. The van der Waals surface area contributed by atoms with Crippen molar-refractivity contribution in [3.05, 3.63) is 70.4 Å². The number of allylic oxidation sites excluding steroid dienone is 1. The topological polar surface area (TPSA) is 76.7 Å². The number of hydrogen-bond acceptors (Lipinski definition) is 4. The molecule has 1 atom stereocenters. The summed E-state index contributed by atoms with van der Waals surface area (Å²) in [5.74, 6) is 0.791. The van der Waals surface area contributed by atoms with Crippen LogP contribution in [0.4, 0.5) is 4.79 Å². The predicted molar refractivity (Wildman–Crippen MR) is 111 cm³/mol. The van der Waals surface area contributed by atoms with Gasteiger partial charge in [0.25, 0.3) is 0 Å². The first-order chi connectivity index (χ1) is 13.9. The minimum Gasteiger partial charge on any atom is -0.463 e. The summed E-state index contributed by atoms with van der Waals surface area (Å²) < 4.78 is 11.0. The van der Waals surface area contributed by atoms with Gasteiger partial charge in [-0.3, -0.25) is 0 Å². The van der Waals surface area contributed by atoms with Crippen LogP contribution in [0.15, 0.2) is 59.8 Å². The van der Waals surface area contributed by atoms with Gasteiger partial charge >= 0.3 is 12.0 Å². The summed E-state index contributed by atoms with van der Waals surface area (Å²) in [5.41, 5.74) is 1.73. The van der Waals surface area contributed by atoms with Gasteiger partial charge in [0.2, 0.25) is 0 Å². The third-order valence-electron chi connectivity index (χ3n) is 4.44. The van der Waals surface area contributed by atoms with Gasteiger partial charge in [-0.15, -0.1) is 0 Å². The van der Waals surface area contributed by atoms with Crippen LogP contribution in [0.2, 0.25) is 5.02 Å². The highest BCUT2D eigenvalue weighted by Gasteiger charge is 2.34. The molecule has 1 aliphatic heterocycles. The van der Waals surface area contributed by atoms with Gasteiger partial charge in [-0.25, -0.2) is 9.59 Å². The molecule has 152 valence electrons. The molecule has 0 fully saturated rings. The van der Waals surface area contributed by atoms with Crippen molar-refractivity contribution in [2.45, 2.75) is 26.8 Å². The Bertz CT molecular complexity index is 921. The lowest BCUT2D eigenvalue weighted by atomic mass is 9.91. The maximum atomic E-state index is 12.6. The fourth-order valence-electron chi connectivity index (χ4n) is 3.09. The van der Waals surface area contributed by atoms with Gasteiger partial charge in [-0.05, 0) is 54.8 Å². The average molecular weight is 415 g/mol. The van der Waals surface area contributed by atoms with Crippen molar-refractivity contribution in [1.82, 2.24) is 10.6 Å². The van der Waals surface area contributed by atoms with Crippen LogP contribution >= 0.6 is 11.6 Å². The third kappa shape index (κ3) is 4.90. The van der Waals surface area contributed by atoms with E-state index in [1.54, 1.807) is 43.3 Å². The fourth-order valence-corrected chi connectivity index (χ4v) is 3.22. The molecule has 0 radical (unpaired) electrons. The predicted octanol–water partition coefficient (Wildman–Crippen LogP) is 4.96. The van der Waals surface area contributed by atoms with Gasteiger partial charge in [0.05, 0.1) is 18.2 Å². The van der Waals surface area contributed by atoms with Crippen LogP contribution in [0.5, 0.6) is 11.5 Å². The molecule has 7 heteroatoms. The molecule has 0 aromatic heterocycles. The van der Waals surface area contributed by atoms with Crippen LogP contribution in [-0.2, 0) is 9.53 Å². The van der Waals surface area contributed by atoms with Gasteiger partial charge in [0.15, 0.2) is 0 Å². The van der Waals surface area contributed by atoms with E-state index in [9.17, 15) is 9.59 Å². The lowest BCUT2D eigenvalue weighted by molar-refractivity contribution is -0.139. The van der Waals surface area contributed by atoms with Crippen molar-refractivity contribution < 1.29 is 19.1 Å². The zero-order chi connectivity index (χ0) is 21.0. The fraction of sp³-hybridized carbons (Fsp3) is 0.273. The number of amides is 2. The minimum absolute atomic E-state index is 0.0459. The van der Waals surface area contributed by atoms with E-state index in [1.165, 1.54) is 0 Å². The Morgan fingerprint density at radius 3 is 2.21 bits per heavy atom. The van der Waals surface area contributed by atoms with Crippen molar-refractivity contribution in [3.8, 4) is 11.5 Å². The number of carbonyl (C=O) groups excluding carboxylic acids is 2. The zero-order valence-electron chi connectivity index (χ0n) is 16.5. The number of hydrogen-bond donors (Lipinski definition) is 2. The molecule has 2 aromatic carbocycles. The quantitative estimate of drug-likeness (QED) is 0.655. The first-order valence-electron chi connectivity index (χ1n) is 9.41. The molecule has 0 aliphatic carbocycles. The first-order valence-corrected chi connectivity index (χ1v) is 9.79. The summed E-state index contributed by atoms with van der Waals surface area (Å²) >= 11 is 5.89. The second-order valence-corrected chi connectivity index (χ2v) is 7.30. The van der Waals surface area contributed by atoms with Crippen LogP contribution in [0.1, 0.15) is 32.4 Å². The first kappa shape index (κ1) is 20.7. The third-order valence-corrected chi connectivity index (χ3v) is 4.69. The molecule has 2 N–H and O–H groups in total. The van der Waals surface area contributed by atoms with Crippen LogP contribution in [0, 0.1) is 5.92 Å². The highest BCUT2D eigenvalue weighted by atomic mass is 35.5. The SMILES string of the molecule is CCOC(=O)C1=C(C(C)C)NC(=O)NC1c1ccc(Oc2ccc(Cl)cc2)cc1. The summed E-state index contributed by atoms with van der Waals surface area (Å²) in [6, 6.07) is 13.3. The van der Waals surface area contributed by atoms with Gasteiger partial charge in [0, 0.05) is 10.7 Å². The van der Waals surface area contributed by atoms with E-state index >= 15 is 0 Å². The Balaban J connectivity index is 1.90. The molecule has 1 heterocycles. The lowest BCUT2D eigenvalue weighted by Crippen LogP contribution is -2.47. The number of carbonyl (C=O) groups is 2. The largest absolute Gasteiger partial charge is 0.463 e. The maximum absolute atomic E-state index is 12.6. The summed E-state index contributed by atoms with van der Waals surface area (Å²) in [5, 5.41) is 6.20. The maximum Gasteiger partial charge on any atom is 0.338 e. The number of esters is 1. The van der Waals surface area contributed by atoms with Crippen LogP contribution in [-0.4, -0.2) is 18.6 Å². The number of rotatable bonds is 6. The molecule has 29 heavy (non-hydrogen) atoms. The molecule has 0 bridgehead atoms. The lowest BCUT2D eigenvalue weighted by Gasteiger charge is -2.31. The molecule has 0 saturated carbocycles. The number of halogens is 1. The summed E-state index contributed by atoms with van der Waals surface area (Å²) in [6.45, 7) is 5.84. The average Bonchev–Trinajstić information content (AvgIpc) is 2.69. The van der Waals surface area contributed by atoms with Crippen LogP contribution in [0.3, 0.4) is 0 Å². The van der Waals surface area contributed by atoms with Gasteiger partial charge < -0.3 is 20.1 Å². The summed E-state index contributed by atoms with van der Waals surface area (Å²) in [7, 11) is 0. The highest BCUT2D eigenvalue weighted by molar-refractivity contribution is 6.30. The molecule has 6 nitrogen and oxygen atoms in total. The molecule has 0 spiro atoms. The number of benzene rings is 2. The number of nitrogens with one attached hydrogen (secondary N) is 2. The van der Waals surface area contributed by atoms with Gasteiger partial charge in [-0.2, -0.15) is 0 Å². The van der Waals surface area contributed by atoms with Crippen LogP contribution < -0.4 is 15.4 Å². The standard InChI is InChI=1S/C22H23ClN2O4/c1-4-28-21(26)18-19(13(2)3)24-22(27)25-20(18)14-5-9-16(10-6-14)29-17-11-7-15(23)8-12-17/h5-13,20H,4H2,1-3H3,(H2,24,25,27). The Morgan fingerprint density at radius 1 is 1.07 bits per heavy atom. The van der Waals surface area contributed by atoms with E-state index in [0.717, 1.165) is 5.56 Å². The second kappa shape index (κ2) is 9.01. The van der Waals surface area contributed by atoms with E-state index in [1.807, 2.05) is 26.0 Å². The smallest absolute Gasteiger partial charge is 0.338 e. The van der Waals surface area contributed by atoms with Crippen LogP contribution in [0.25, 0.3) is 0 Å². The van der Waals surface area contributed by atoms with Crippen molar-refractivity contribution in [1.29, 1.82) is 0 Å². The zero-order valence-corrected chi connectivity index (χ0v) is 17.2. The van der Waals surface area contributed by atoms with E-state index in [-0.39, 0.29) is 18.6 Å². The van der Waals surface area contributed by atoms with E-state index < -0.39 is 12.0 Å². The van der Waals surface area contributed by atoms with Crippen molar-refractivity contribution >= 4 is 23.6 Å². The minimum atomic E-state index is -0.607. The number of urea groups is 1. The van der Waals surface area contributed by atoms with E-state index in [0.29, 0.717) is 27.8 Å². The Hall–Kier alpha value is -2.99. The van der Waals surface area contributed by atoms with Gasteiger partial charge in [0.1, 0.15) is 11.5 Å². The molecule has 2 aromatic rings. The van der Waals surface area contributed by atoms with Gasteiger partial charge in [-0.1, -0.05) is 37.6 Å². The molecule has 0 saturated heterocycles. The molecule has 1 aliphatic rings. The Kier molecular flexibility index (Phi) is 6.44. The summed E-state index contributed by atoms with van der Waals surface area (Å²) in [6.07, 6.45) is 0. The molecular formula is C22H23ClN2O4. The van der Waals surface area contributed by atoms with Crippen molar-refractivity contribution in [2.24, 2.45) is 5.92 Å². The van der Waals surface area contributed by atoms with E-state index in [4.69, 9.17) is 21.1 Å². The van der Waals surface area contributed by atoms with Crippen molar-refractivity contribution in [3.63, 3.8) is 0 Å². The normalized spacial score (nSPS) is 16.3. The van der Waals surface area contributed by atoms with E-state index in [2.05, 4.69) is 10.6 Å². The second-order valence-electron chi connectivity index (χ2n) is 6.86. The number of ether oxygens (including phenoxy) is 2. The monoisotopic (exact) mass is 414 g/mol. The molecular weight excluding hydrogens is 392 g/mol.